The molecule has 0 unspecified atom stereocenters. The normalized spacial score (nSPS) is 10.7. The number of benzene rings is 7. The molecular formula is C54H24F18O6. The molecule has 0 saturated heterocycles. The molecule has 0 heterocycles. The van der Waals surface area contributed by atoms with Crippen molar-refractivity contribution in [2.24, 2.45) is 0 Å². The van der Waals surface area contributed by atoms with Gasteiger partial charge in [0.05, 0.1) is 0 Å². The highest BCUT2D eigenvalue weighted by Crippen LogP contribution is 2.57. The van der Waals surface area contributed by atoms with Gasteiger partial charge in [-0.05, 0) is 140 Å². The van der Waals surface area contributed by atoms with Gasteiger partial charge in [0.2, 0.25) is 0 Å². The van der Waals surface area contributed by atoms with E-state index in [9.17, 15) is 79.0 Å². The summed E-state index contributed by atoms with van der Waals surface area (Å²) in [6.45, 7) is 0. The molecule has 0 radical (unpaired) electrons. The molecule has 24 heteroatoms. The van der Waals surface area contributed by atoms with Crippen molar-refractivity contribution in [2.45, 2.75) is 0 Å². The quantitative estimate of drug-likeness (QED) is 0.0630. The molecule has 0 atom stereocenters. The first-order valence-electron chi connectivity index (χ1n) is 21.3. The lowest BCUT2D eigenvalue weighted by molar-refractivity contribution is 0.241. The van der Waals surface area contributed by atoms with Crippen LogP contribution in [0.2, 0.25) is 0 Å². The summed E-state index contributed by atoms with van der Waals surface area (Å²) < 4.78 is 271. The molecule has 0 aliphatic rings. The Balaban J connectivity index is 1.73. The third-order valence-electron chi connectivity index (χ3n) is 10.5. The van der Waals surface area contributed by atoms with Crippen molar-refractivity contribution in [3.05, 3.63) is 218 Å². The van der Waals surface area contributed by atoms with E-state index in [0.29, 0.717) is 0 Å². The van der Waals surface area contributed by atoms with E-state index in [4.69, 9.17) is 0 Å². The van der Waals surface area contributed by atoms with E-state index in [2.05, 4.69) is 28.4 Å². The fraction of sp³-hybridized carbons (Fsp3) is 0. The van der Waals surface area contributed by atoms with E-state index in [0.717, 1.165) is 72.8 Å². The minimum Gasteiger partial charge on any atom is -0.428 e. The first-order chi connectivity index (χ1) is 37.1. The summed E-state index contributed by atoms with van der Waals surface area (Å²) >= 11 is 0. The Morgan fingerprint density at radius 2 is 0.269 bits per heavy atom. The van der Waals surface area contributed by atoms with Gasteiger partial charge in [0.15, 0.2) is 0 Å². The average molecular weight is 1110 g/mol. The van der Waals surface area contributed by atoms with Crippen LogP contribution < -0.4 is 28.4 Å². The highest BCUT2D eigenvalue weighted by atomic mass is 19.3. The van der Waals surface area contributed by atoms with Crippen LogP contribution in [-0.4, -0.2) is 0 Å². The van der Waals surface area contributed by atoms with Crippen molar-refractivity contribution in [3.8, 4) is 101 Å². The van der Waals surface area contributed by atoms with Crippen LogP contribution in [0.1, 0.15) is 0 Å². The second-order valence-corrected chi connectivity index (χ2v) is 15.2. The molecule has 0 aromatic heterocycles. The molecule has 7 rings (SSSR count). The van der Waals surface area contributed by atoms with Gasteiger partial charge in [-0.2, -0.15) is 79.0 Å². The summed E-state index contributed by atoms with van der Waals surface area (Å²) in [7, 11) is 0. The molecule has 0 bridgehead atoms. The Morgan fingerprint density at radius 1 is 0.167 bits per heavy atom. The van der Waals surface area contributed by atoms with Crippen LogP contribution in [0, 0.1) is 0 Å². The lowest BCUT2D eigenvalue weighted by atomic mass is 9.74. The highest BCUT2D eigenvalue weighted by molar-refractivity contribution is 6.15. The Bertz CT molecular complexity index is 2890. The van der Waals surface area contributed by atoms with E-state index in [1.165, 1.54) is 72.8 Å². The van der Waals surface area contributed by atoms with Crippen LogP contribution in [0.3, 0.4) is 0 Å². The Hall–Kier alpha value is -9.48. The SMILES string of the molecule is FC(F)=C(F)Oc1ccc(-c2c(-c3ccc(OC(F)=C(F)F)cc3)c(-c3ccc(OC(F)=C(F)F)cc3)c(-c3ccc(OC(F)=C(F)F)cc3)c(-c3ccc(OC(F)=C(F)F)cc3)c2-c2ccc(OC(F)=C(F)F)cc2)cc1. The summed E-state index contributed by atoms with van der Waals surface area (Å²) in [6, 6.07) is 12.4. The van der Waals surface area contributed by atoms with Crippen LogP contribution >= 0.6 is 0 Å². The maximum absolute atomic E-state index is 14.2. The molecule has 0 aliphatic heterocycles. The zero-order valence-corrected chi connectivity index (χ0v) is 38.1. The van der Waals surface area contributed by atoms with E-state index < -0.39 is 107 Å². The van der Waals surface area contributed by atoms with Crippen molar-refractivity contribution in [1.82, 2.24) is 0 Å². The van der Waals surface area contributed by atoms with Crippen molar-refractivity contribution < 1.29 is 107 Å². The van der Waals surface area contributed by atoms with Crippen LogP contribution in [-0.2, 0) is 0 Å². The number of rotatable bonds is 18. The second kappa shape index (κ2) is 24.5. The average Bonchev–Trinajstić information content (AvgIpc) is 3.61. The van der Waals surface area contributed by atoms with Gasteiger partial charge in [0, 0.05) is 0 Å². The standard InChI is InChI=1S/C54H24F18O6/c55-43(56)49(67)73-31-13-1-25(2-14-31)37-38(26-3-15-32(16-4-26)74-50(68)44(57)58)40(28-7-19-34(20-8-28)76-52(70)46(61)62)42(30-11-23-36(24-12-30)78-54(72)48(65)66)41(29-9-21-35(22-10-29)77-53(71)47(63)64)39(37)27-5-17-33(18-6-27)75-51(69)45(59)60/h1-24H. The Kier molecular flexibility index (Phi) is 17.6. The monoisotopic (exact) mass is 1110 g/mol. The molecule has 7 aromatic rings. The van der Waals surface area contributed by atoms with Gasteiger partial charge in [-0.25, -0.2) is 0 Å². The van der Waals surface area contributed by atoms with Crippen molar-refractivity contribution >= 4 is 0 Å². The molecule has 0 saturated carbocycles. The van der Waals surface area contributed by atoms with Gasteiger partial charge >= 0.3 is 72.6 Å². The predicted molar refractivity (Wildman–Crippen MR) is 245 cm³/mol. The lowest BCUT2D eigenvalue weighted by Crippen LogP contribution is -2.03. The summed E-state index contributed by atoms with van der Waals surface area (Å²) in [4.78, 5) is 0. The van der Waals surface area contributed by atoms with Gasteiger partial charge < -0.3 is 28.4 Å². The van der Waals surface area contributed by atoms with Gasteiger partial charge in [0.1, 0.15) is 34.5 Å². The van der Waals surface area contributed by atoms with E-state index in [1.54, 1.807) is 0 Å². The maximum Gasteiger partial charge on any atom is 0.344 e. The number of ether oxygens (including phenoxy) is 6. The summed E-state index contributed by atoms with van der Waals surface area (Å²) in [5.41, 5.74) is -0.390. The molecule has 0 spiro atoms. The first kappa shape index (κ1) is 56.3. The predicted octanol–water partition coefficient (Wildman–Crippen LogP) is 20.2. The topological polar surface area (TPSA) is 55.4 Å². The highest BCUT2D eigenvalue weighted by Gasteiger charge is 2.30. The minimum atomic E-state index is -2.85. The summed E-state index contributed by atoms with van der Waals surface area (Å²) in [5.74, 6) is -3.24. The lowest BCUT2D eigenvalue weighted by Gasteiger charge is -2.29. The fourth-order valence-corrected chi connectivity index (χ4v) is 7.47. The van der Waals surface area contributed by atoms with Crippen LogP contribution in [0.15, 0.2) is 218 Å². The minimum absolute atomic E-state index is 0.00968. The second-order valence-electron chi connectivity index (χ2n) is 15.2. The first-order valence-corrected chi connectivity index (χ1v) is 21.3. The molecule has 0 amide bonds. The molecule has 0 aliphatic carbocycles. The fourth-order valence-electron chi connectivity index (χ4n) is 7.47. The van der Waals surface area contributed by atoms with Gasteiger partial charge in [-0.3, -0.25) is 0 Å². The van der Waals surface area contributed by atoms with Gasteiger partial charge in [-0.1, -0.05) is 72.8 Å². The zero-order chi connectivity index (χ0) is 56.5. The molecule has 6 nitrogen and oxygen atoms in total. The van der Waals surface area contributed by atoms with E-state index in [-0.39, 0.29) is 66.8 Å². The van der Waals surface area contributed by atoms with Crippen molar-refractivity contribution in [2.75, 3.05) is 0 Å². The van der Waals surface area contributed by atoms with Crippen molar-refractivity contribution in [1.29, 1.82) is 0 Å². The third-order valence-corrected chi connectivity index (χ3v) is 10.5. The third kappa shape index (κ3) is 13.3. The van der Waals surface area contributed by atoms with Crippen LogP contribution in [0.4, 0.5) is 79.0 Å². The Morgan fingerprint density at radius 3 is 0.359 bits per heavy atom. The van der Waals surface area contributed by atoms with E-state index >= 15 is 0 Å². The maximum atomic E-state index is 14.2. The summed E-state index contributed by atoms with van der Waals surface area (Å²) in [6.07, 6.45) is -17.1. The smallest absolute Gasteiger partial charge is 0.344 e. The van der Waals surface area contributed by atoms with Crippen molar-refractivity contribution in [3.63, 3.8) is 0 Å². The molecule has 0 fully saturated rings. The summed E-state index contributed by atoms with van der Waals surface area (Å²) in [5, 5.41) is 0. The molecule has 78 heavy (non-hydrogen) atoms. The molecule has 0 N–H and O–H groups in total. The number of hydrogen-bond donors (Lipinski definition) is 0. The van der Waals surface area contributed by atoms with E-state index in [1.807, 2.05) is 0 Å². The van der Waals surface area contributed by atoms with Gasteiger partial charge in [0.25, 0.3) is 0 Å². The molecular weight excluding hydrogens is 1090 g/mol. The molecule has 402 valence electrons. The van der Waals surface area contributed by atoms with Crippen LogP contribution in [0.25, 0.3) is 66.8 Å². The Labute approximate surface area is 426 Å². The molecule has 7 aromatic carbocycles. The largest absolute Gasteiger partial charge is 0.428 e. The van der Waals surface area contributed by atoms with Crippen LogP contribution in [0.5, 0.6) is 34.5 Å². The number of hydrogen-bond acceptors (Lipinski definition) is 6. The zero-order valence-electron chi connectivity index (χ0n) is 38.1. The van der Waals surface area contributed by atoms with Gasteiger partial charge in [-0.15, -0.1) is 0 Å². The number of halogens is 18.